The summed E-state index contributed by atoms with van der Waals surface area (Å²) in [6.07, 6.45) is 2.47. The molecule has 2 fully saturated rings. The zero-order valence-electron chi connectivity index (χ0n) is 17.3. The van der Waals surface area contributed by atoms with Crippen LogP contribution in [-0.2, 0) is 4.79 Å². The predicted molar refractivity (Wildman–Crippen MR) is 117 cm³/mol. The summed E-state index contributed by atoms with van der Waals surface area (Å²) >= 11 is 0. The van der Waals surface area contributed by atoms with E-state index in [1.54, 1.807) is 0 Å². The largest absolute Gasteiger partial charge is 0.368 e. The summed E-state index contributed by atoms with van der Waals surface area (Å²) in [5, 5.41) is 0. The fraction of sp³-hybridized carbons (Fsp3) is 0.478. The van der Waals surface area contributed by atoms with E-state index < -0.39 is 0 Å². The minimum atomic E-state index is 0.293. The zero-order chi connectivity index (χ0) is 20.1. The van der Waals surface area contributed by atoms with E-state index in [1.165, 1.54) is 11.3 Å². The van der Waals surface area contributed by atoms with Crippen LogP contribution in [0.5, 0.6) is 0 Å². The summed E-state index contributed by atoms with van der Waals surface area (Å²) < 4.78 is 0. The van der Waals surface area contributed by atoms with Gasteiger partial charge in [-0.1, -0.05) is 18.2 Å². The monoisotopic (exact) mass is 393 g/mol. The maximum atomic E-state index is 12.7. The summed E-state index contributed by atoms with van der Waals surface area (Å²) in [7, 11) is 0. The van der Waals surface area contributed by atoms with Gasteiger partial charge in [0.25, 0.3) is 0 Å². The molecule has 0 radical (unpaired) electrons. The van der Waals surface area contributed by atoms with E-state index in [1.807, 2.05) is 23.2 Å². The molecule has 154 valence electrons. The third kappa shape index (κ3) is 5.07. The molecule has 2 saturated heterocycles. The first-order valence-electron chi connectivity index (χ1n) is 10.7. The summed E-state index contributed by atoms with van der Waals surface area (Å²) in [5.74, 6) is 1.34. The van der Waals surface area contributed by atoms with E-state index in [0.717, 1.165) is 64.7 Å². The van der Waals surface area contributed by atoms with Gasteiger partial charge in [-0.15, -0.1) is 0 Å². The average molecular weight is 394 g/mol. The number of amides is 1. The molecule has 4 rings (SSSR count). The third-order valence-corrected chi connectivity index (χ3v) is 5.99. The van der Waals surface area contributed by atoms with Crippen molar-refractivity contribution in [2.45, 2.75) is 13.3 Å². The highest BCUT2D eigenvalue weighted by atomic mass is 16.2. The molecule has 1 aromatic carbocycles. The van der Waals surface area contributed by atoms with Gasteiger partial charge in [0.2, 0.25) is 5.91 Å². The Balaban J connectivity index is 1.18. The molecule has 0 aliphatic carbocycles. The lowest BCUT2D eigenvalue weighted by Crippen LogP contribution is -2.50. The summed E-state index contributed by atoms with van der Waals surface area (Å²) in [4.78, 5) is 26.3. The van der Waals surface area contributed by atoms with Crippen LogP contribution in [0.25, 0.3) is 0 Å². The molecule has 0 unspecified atom stereocenters. The lowest BCUT2D eigenvalue weighted by Gasteiger charge is -2.37. The second-order valence-corrected chi connectivity index (χ2v) is 7.97. The maximum absolute atomic E-state index is 12.7. The Morgan fingerprint density at radius 1 is 0.897 bits per heavy atom. The van der Waals surface area contributed by atoms with Crippen LogP contribution in [0.1, 0.15) is 12.0 Å². The zero-order valence-corrected chi connectivity index (χ0v) is 17.3. The number of rotatable bonds is 5. The van der Waals surface area contributed by atoms with Crippen LogP contribution in [-0.4, -0.2) is 79.6 Å². The minimum Gasteiger partial charge on any atom is -0.368 e. The molecule has 1 aromatic heterocycles. The van der Waals surface area contributed by atoms with Gasteiger partial charge in [-0.05, 0) is 36.8 Å². The first-order valence-corrected chi connectivity index (χ1v) is 10.7. The highest BCUT2D eigenvalue weighted by Crippen LogP contribution is 2.18. The number of carbonyl (C=O) groups is 1. The number of benzene rings is 1. The van der Waals surface area contributed by atoms with Crippen LogP contribution >= 0.6 is 0 Å². The summed E-state index contributed by atoms with van der Waals surface area (Å²) in [6.45, 7) is 10.4. The quantitative estimate of drug-likeness (QED) is 0.780. The van der Waals surface area contributed by atoms with Crippen molar-refractivity contribution in [3.63, 3.8) is 0 Å². The molecule has 6 nitrogen and oxygen atoms in total. The Hall–Kier alpha value is -2.60. The molecule has 0 atom stereocenters. The number of carbonyl (C=O) groups excluding carboxylic acids is 1. The fourth-order valence-electron chi connectivity index (χ4n) is 4.19. The highest BCUT2D eigenvalue weighted by Gasteiger charge is 2.23. The number of pyridine rings is 1. The molecule has 0 bridgehead atoms. The number of nitrogens with zero attached hydrogens (tertiary/aromatic N) is 5. The van der Waals surface area contributed by atoms with E-state index in [2.05, 4.69) is 56.9 Å². The first kappa shape index (κ1) is 19.7. The number of anilines is 2. The Kier molecular flexibility index (Phi) is 6.30. The lowest BCUT2D eigenvalue weighted by molar-refractivity contribution is -0.131. The van der Waals surface area contributed by atoms with E-state index in [4.69, 9.17) is 0 Å². The van der Waals surface area contributed by atoms with Crippen molar-refractivity contribution in [1.29, 1.82) is 0 Å². The molecule has 2 aromatic rings. The molecule has 29 heavy (non-hydrogen) atoms. The van der Waals surface area contributed by atoms with Gasteiger partial charge in [0, 0.05) is 77.2 Å². The van der Waals surface area contributed by atoms with Crippen LogP contribution in [0.15, 0.2) is 48.7 Å². The van der Waals surface area contributed by atoms with Crippen molar-refractivity contribution in [3.8, 4) is 0 Å². The fourth-order valence-corrected chi connectivity index (χ4v) is 4.19. The molecule has 0 saturated carbocycles. The van der Waals surface area contributed by atoms with Gasteiger partial charge >= 0.3 is 0 Å². The standard InChI is InChI=1S/C23H31N5O/c1-20-5-4-6-21(19-20)26-15-17-28(18-16-26)23(29)8-10-25-11-13-27(14-12-25)22-7-2-3-9-24-22/h2-7,9,19H,8,10-18H2,1H3. The van der Waals surface area contributed by atoms with Gasteiger partial charge in [0.1, 0.15) is 5.82 Å². The van der Waals surface area contributed by atoms with Gasteiger partial charge < -0.3 is 14.7 Å². The second-order valence-electron chi connectivity index (χ2n) is 7.97. The second kappa shape index (κ2) is 9.27. The van der Waals surface area contributed by atoms with Crippen LogP contribution in [0.2, 0.25) is 0 Å². The van der Waals surface area contributed by atoms with Gasteiger partial charge in [-0.2, -0.15) is 0 Å². The summed E-state index contributed by atoms with van der Waals surface area (Å²) in [6, 6.07) is 14.7. The Bertz CT molecular complexity index is 796. The van der Waals surface area contributed by atoms with Crippen LogP contribution < -0.4 is 9.80 Å². The summed E-state index contributed by atoms with van der Waals surface area (Å²) in [5.41, 5.74) is 2.55. The van der Waals surface area contributed by atoms with Crippen molar-refractivity contribution >= 4 is 17.4 Å². The molecule has 2 aliphatic heterocycles. The van der Waals surface area contributed by atoms with Gasteiger partial charge in [0.15, 0.2) is 0 Å². The Morgan fingerprint density at radius 2 is 1.66 bits per heavy atom. The number of hydrogen-bond acceptors (Lipinski definition) is 5. The van der Waals surface area contributed by atoms with Crippen molar-refractivity contribution < 1.29 is 4.79 Å². The molecular formula is C23H31N5O. The third-order valence-electron chi connectivity index (χ3n) is 5.99. The first-order chi connectivity index (χ1) is 14.2. The molecule has 1 amide bonds. The highest BCUT2D eigenvalue weighted by molar-refractivity contribution is 5.76. The maximum Gasteiger partial charge on any atom is 0.223 e. The van der Waals surface area contributed by atoms with Crippen molar-refractivity contribution in [1.82, 2.24) is 14.8 Å². The number of hydrogen-bond donors (Lipinski definition) is 0. The smallest absolute Gasteiger partial charge is 0.223 e. The molecule has 0 spiro atoms. The van der Waals surface area contributed by atoms with E-state index in [0.29, 0.717) is 12.3 Å². The van der Waals surface area contributed by atoms with Crippen molar-refractivity contribution in [3.05, 3.63) is 54.2 Å². The van der Waals surface area contributed by atoms with Crippen molar-refractivity contribution in [2.24, 2.45) is 0 Å². The topological polar surface area (TPSA) is 42.9 Å². The van der Waals surface area contributed by atoms with Gasteiger partial charge in [0.05, 0.1) is 0 Å². The number of aromatic nitrogens is 1. The van der Waals surface area contributed by atoms with E-state index in [9.17, 15) is 4.79 Å². The molecule has 6 heteroatoms. The number of aryl methyl sites for hydroxylation is 1. The van der Waals surface area contributed by atoms with Crippen LogP contribution in [0.3, 0.4) is 0 Å². The van der Waals surface area contributed by atoms with E-state index in [-0.39, 0.29) is 0 Å². The Morgan fingerprint density at radius 3 is 2.34 bits per heavy atom. The van der Waals surface area contributed by atoms with Crippen LogP contribution in [0, 0.1) is 6.92 Å². The average Bonchev–Trinajstić information content (AvgIpc) is 2.78. The molecule has 0 N–H and O–H groups in total. The van der Waals surface area contributed by atoms with Gasteiger partial charge in [-0.25, -0.2) is 4.98 Å². The Labute approximate surface area is 173 Å². The molecule has 2 aliphatic rings. The van der Waals surface area contributed by atoms with Crippen molar-refractivity contribution in [2.75, 3.05) is 68.7 Å². The molecule has 3 heterocycles. The predicted octanol–water partition coefficient (Wildman–Crippen LogP) is 2.25. The lowest BCUT2D eigenvalue weighted by atomic mass is 10.2. The SMILES string of the molecule is Cc1cccc(N2CCN(C(=O)CCN3CCN(c4ccccn4)CC3)CC2)c1. The minimum absolute atomic E-state index is 0.293. The van der Waals surface area contributed by atoms with E-state index >= 15 is 0 Å². The van der Waals surface area contributed by atoms with Crippen LogP contribution in [0.4, 0.5) is 11.5 Å². The van der Waals surface area contributed by atoms with Gasteiger partial charge in [-0.3, -0.25) is 9.69 Å². The number of piperazine rings is 2. The molecular weight excluding hydrogens is 362 g/mol. The normalized spacial score (nSPS) is 18.2.